The normalized spacial score (nSPS) is 10.4. The van der Waals surface area contributed by atoms with E-state index in [0.717, 1.165) is 19.5 Å². The number of rotatable bonds is 7. The average Bonchev–Trinajstić information content (AvgIpc) is 2.79. The van der Waals surface area contributed by atoms with Crippen LogP contribution in [-0.2, 0) is 11.3 Å². The van der Waals surface area contributed by atoms with Crippen LogP contribution in [0.2, 0.25) is 0 Å². The van der Waals surface area contributed by atoms with E-state index in [2.05, 4.69) is 15.4 Å². The molecule has 0 aliphatic heterocycles. The first-order chi connectivity index (χ1) is 7.74. The van der Waals surface area contributed by atoms with Crippen LogP contribution in [-0.4, -0.2) is 52.8 Å². The first-order valence-electron chi connectivity index (χ1n) is 5.45. The lowest BCUT2D eigenvalue weighted by atomic mass is 10.3. The Labute approximate surface area is 95.6 Å². The van der Waals surface area contributed by atoms with E-state index in [1.54, 1.807) is 15.9 Å². The van der Waals surface area contributed by atoms with Crippen LogP contribution in [0.5, 0.6) is 0 Å². The van der Waals surface area contributed by atoms with Gasteiger partial charge in [-0.2, -0.15) is 5.10 Å². The molecule has 1 aromatic rings. The fraction of sp³-hybridized carbons (Fsp3) is 0.700. The number of nitrogens with zero attached hydrogens (tertiary/aromatic N) is 4. The van der Waals surface area contributed by atoms with Gasteiger partial charge >= 0.3 is 0 Å². The number of hydrogen-bond acceptors (Lipinski definition) is 4. The van der Waals surface area contributed by atoms with Gasteiger partial charge in [0.2, 0.25) is 5.91 Å². The highest BCUT2D eigenvalue weighted by molar-refractivity contribution is 5.75. The topological polar surface area (TPSA) is 63.1 Å². The summed E-state index contributed by atoms with van der Waals surface area (Å²) in [4.78, 5) is 17.3. The molecule has 0 radical (unpaired) electrons. The van der Waals surface area contributed by atoms with Crippen molar-refractivity contribution in [1.82, 2.24) is 25.0 Å². The predicted molar refractivity (Wildman–Crippen MR) is 60.8 cm³/mol. The third-order valence-corrected chi connectivity index (χ3v) is 2.37. The fourth-order valence-corrected chi connectivity index (χ4v) is 1.37. The van der Waals surface area contributed by atoms with E-state index in [1.807, 2.05) is 14.1 Å². The Hall–Kier alpha value is -1.43. The number of hydrogen-bond donors (Lipinski definition) is 1. The summed E-state index contributed by atoms with van der Waals surface area (Å²) in [5, 5.41) is 7.00. The molecule has 0 aromatic carbocycles. The Morgan fingerprint density at radius 1 is 1.56 bits per heavy atom. The van der Waals surface area contributed by atoms with E-state index in [-0.39, 0.29) is 5.91 Å². The van der Waals surface area contributed by atoms with Crippen LogP contribution in [0, 0.1) is 0 Å². The maximum atomic E-state index is 11.7. The second-order valence-corrected chi connectivity index (χ2v) is 3.68. The molecule has 1 rings (SSSR count). The van der Waals surface area contributed by atoms with E-state index < -0.39 is 0 Å². The number of aryl methyl sites for hydroxylation is 1. The molecule has 6 heteroatoms. The lowest BCUT2D eigenvalue weighted by Crippen LogP contribution is -2.30. The van der Waals surface area contributed by atoms with Crippen molar-refractivity contribution >= 4 is 5.91 Å². The second kappa shape index (κ2) is 6.95. The Morgan fingerprint density at radius 2 is 2.38 bits per heavy atom. The van der Waals surface area contributed by atoms with Crippen LogP contribution in [0.15, 0.2) is 12.7 Å². The molecule has 1 amide bonds. The van der Waals surface area contributed by atoms with Gasteiger partial charge in [0.25, 0.3) is 0 Å². The minimum absolute atomic E-state index is 0.145. The maximum absolute atomic E-state index is 11.7. The molecule has 0 atom stereocenters. The quantitative estimate of drug-likeness (QED) is 0.649. The third-order valence-electron chi connectivity index (χ3n) is 2.37. The summed E-state index contributed by atoms with van der Waals surface area (Å²) < 4.78 is 1.67. The molecule has 6 nitrogen and oxygen atoms in total. The van der Waals surface area contributed by atoms with Crippen LogP contribution < -0.4 is 5.32 Å². The molecule has 0 aliphatic carbocycles. The predicted octanol–water partition coefficient (Wildman–Crippen LogP) is -0.264. The first kappa shape index (κ1) is 12.6. The van der Waals surface area contributed by atoms with Gasteiger partial charge in [0.1, 0.15) is 12.7 Å². The van der Waals surface area contributed by atoms with Crippen molar-refractivity contribution in [2.45, 2.75) is 19.4 Å². The van der Waals surface area contributed by atoms with E-state index >= 15 is 0 Å². The lowest BCUT2D eigenvalue weighted by molar-refractivity contribution is -0.130. The van der Waals surface area contributed by atoms with Crippen molar-refractivity contribution in [1.29, 1.82) is 0 Å². The van der Waals surface area contributed by atoms with E-state index in [0.29, 0.717) is 13.0 Å². The molecule has 0 spiro atoms. The van der Waals surface area contributed by atoms with Gasteiger partial charge in [0.05, 0.1) is 6.54 Å². The molecule has 1 aromatic heterocycles. The molecular weight excluding hydrogens is 206 g/mol. The van der Waals surface area contributed by atoms with Gasteiger partial charge in [-0.05, 0) is 20.0 Å². The standard InChI is InChI=1S/C10H19N5O/c1-11-5-3-6-14(2)10(16)4-7-15-9-12-8-13-15/h8-9,11H,3-7H2,1-2H3. The summed E-state index contributed by atoms with van der Waals surface area (Å²) in [6.07, 6.45) is 4.54. The summed E-state index contributed by atoms with van der Waals surface area (Å²) in [5.41, 5.74) is 0. The highest BCUT2D eigenvalue weighted by Gasteiger charge is 2.07. The van der Waals surface area contributed by atoms with Crippen LogP contribution >= 0.6 is 0 Å². The highest BCUT2D eigenvalue weighted by atomic mass is 16.2. The molecule has 90 valence electrons. The van der Waals surface area contributed by atoms with E-state index in [1.165, 1.54) is 6.33 Å². The van der Waals surface area contributed by atoms with Gasteiger partial charge in [0.15, 0.2) is 0 Å². The van der Waals surface area contributed by atoms with Gasteiger partial charge in [-0.1, -0.05) is 0 Å². The zero-order valence-electron chi connectivity index (χ0n) is 9.89. The zero-order valence-corrected chi connectivity index (χ0v) is 9.89. The van der Waals surface area contributed by atoms with Crippen molar-refractivity contribution in [3.05, 3.63) is 12.7 Å². The molecule has 0 fully saturated rings. The summed E-state index contributed by atoms with van der Waals surface area (Å²) in [7, 11) is 3.74. The second-order valence-electron chi connectivity index (χ2n) is 3.68. The Balaban J connectivity index is 2.18. The molecule has 0 saturated heterocycles. The van der Waals surface area contributed by atoms with Gasteiger partial charge in [0, 0.05) is 20.0 Å². The first-order valence-corrected chi connectivity index (χ1v) is 5.45. The van der Waals surface area contributed by atoms with Gasteiger partial charge in [-0.15, -0.1) is 0 Å². The Morgan fingerprint density at radius 3 is 3.00 bits per heavy atom. The molecule has 16 heavy (non-hydrogen) atoms. The highest BCUT2D eigenvalue weighted by Crippen LogP contribution is 1.95. The molecule has 0 saturated carbocycles. The van der Waals surface area contributed by atoms with Crippen molar-refractivity contribution in [3.8, 4) is 0 Å². The number of carbonyl (C=O) groups is 1. The van der Waals surface area contributed by atoms with Crippen LogP contribution in [0.3, 0.4) is 0 Å². The van der Waals surface area contributed by atoms with Crippen molar-refractivity contribution in [2.24, 2.45) is 0 Å². The Bertz CT molecular complexity index is 298. The SMILES string of the molecule is CNCCCN(C)C(=O)CCn1cncn1. The Kier molecular flexibility index (Phi) is 5.49. The van der Waals surface area contributed by atoms with E-state index in [9.17, 15) is 4.79 Å². The van der Waals surface area contributed by atoms with Gasteiger partial charge in [-0.25, -0.2) is 4.98 Å². The number of aromatic nitrogens is 3. The maximum Gasteiger partial charge on any atom is 0.224 e. The lowest BCUT2D eigenvalue weighted by Gasteiger charge is -2.16. The minimum Gasteiger partial charge on any atom is -0.346 e. The zero-order chi connectivity index (χ0) is 11.8. The summed E-state index contributed by atoms with van der Waals surface area (Å²) in [6.45, 7) is 2.31. The van der Waals surface area contributed by atoms with Crippen molar-refractivity contribution < 1.29 is 4.79 Å². The van der Waals surface area contributed by atoms with Gasteiger partial charge in [-0.3, -0.25) is 9.48 Å². The van der Waals surface area contributed by atoms with Crippen LogP contribution in [0.1, 0.15) is 12.8 Å². The number of amides is 1. The minimum atomic E-state index is 0.145. The molecule has 0 bridgehead atoms. The molecular formula is C10H19N5O. The smallest absolute Gasteiger partial charge is 0.224 e. The molecule has 0 aliphatic rings. The number of nitrogens with one attached hydrogen (secondary N) is 1. The number of carbonyl (C=O) groups excluding carboxylic acids is 1. The summed E-state index contributed by atoms with van der Waals surface area (Å²) >= 11 is 0. The fourth-order valence-electron chi connectivity index (χ4n) is 1.37. The third kappa shape index (κ3) is 4.39. The van der Waals surface area contributed by atoms with Gasteiger partial charge < -0.3 is 10.2 Å². The summed E-state index contributed by atoms with van der Waals surface area (Å²) in [6, 6.07) is 0. The largest absolute Gasteiger partial charge is 0.346 e. The van der Waals surface area contributed by atoms with Crippen molar-refractivity contribution in [3.63, 3.8) is 0 Å². The molecule has 1 heterocycles. The van der Waals surface area contributed by atoms with Crippen LogP contribution in [0.4, 0.5) is 0 Å². The molecule has 0 unspecified atom stereocenters. The summed E-state index contributed by atoms with van der Waals surface area (Å²) in [5.74, 6) is 0.145. The average molecular weight is 225 g/mol. The molecule has 1 N–H and O–H groups in total. The van der Waals surface area contributed by atoms with Crippen molar-refractivity contribution in [2.75, 3.05) is 27.2 Å². The monoisotopic (exact) mass is 225 g/mol. The van der Waals surface area contributed by atoms with E-state index in [4.69, 9.17) is 0 Å². The van der Waals surface area contributed by atoms with Crippen LogP contribution in [0.25, 0.3) is 0 Å².